The molecule has 1 aromatic heterocycles. The number of ether oxygens (including phenoxy) is 1. The van der Waals surface area contributed by atoms with Gasteiger partial charge in [0.15, 0.2) is 5.13 Å². The molecule has 0 radical (unpaired) electrons. The number of thioether (sulfide) groups is 1. The van der Waals surface area contributed by atoms with E-state index in [1.54, 1.807) is 30.2 Å². The molecule has 178 valence electrons. The third-order valence-electron chi connectivity index (χ3n) is 5.75. The fourth-order valence-corrected chi connectivity index (χ4v) is 5.84. The lowest BCUT2D eigenvalue weighted by molar-refractivity contribution is -0.118. The van der Waals surface area contributed by atoms with Gasteiger partial charge in [0.05, 0.1) is 17.3 Å². The molecule has 0 aliphatic rings. The maximum absolute atomic E-state index is 13.3. The average molecular weight is 486 g/mol. The van der Waals surface area contributed by atoms with Gasteiger partial charge in [-0.25, -0.2) is 4.98 Å². The maximum atomic E-state index is 13.3. The second-order valence-corrected chi connectivity index (χ2v) is 10.3. The predicted octanol–water partition coefficient (Wildman–Crippen LogP) is 6.17. The number of hydrogen-bond donors (Lipinski definition) is 0. The van der Waals surface area contributed by atoms with Crippen molar-refractivity contribution in [2.24, 2.45) is 0 Å². The number of nitrogens with zero attached hydrogens (tertiary/aromatic N) is 3. The SMILES string of the molecule is CCN(CC)CCN(C(=O)CCCSc1ccc(OC)cc1)c1nc2c(C)cc(C)cc2s1. The van der Waals surface area contributed by atoms with E-state index in [0.29, 0.717) is 13.0 Å². The molecule has 1 amide bonds. The molecule has 0 N–H and O–H groups in total. The number of likely N-dealkylation sites (N-methyl/N-ethyl adjacent to an activating group) is 1. The van der Waals surface area contributed by atoms with Gasteiger partial charge in [0.1, 0.15) is 5.75 Å². The summed E-state index contributed by atoms with van der Waals surface area (Å²) in [5, 5.41) is 0.818. The first-order chi connectivity index (χ1) is 15.9. The van der Waals surface area contributed by atoms with Crippen LogP contribution in [0.3, 0.4) is 0 Å². The Hall–Kier alpha value is -2.09. The number of aryl methyl sites for hydroxylation is 2. The smallest absolute Gasteiger partial charge is 0.228 e. The molecule has 3 rings (SSSR count). The summed E-state index contributed by atoms with van der Waals surface area (Å²) in [4.78, 5) is 23.6. The van der Waals surface area contributed by atoms with Gasteiger partial charge in [0.2, 0.25) is 5.91 Å². The van der Waals surface area contributed by atoms with Crippen LogP contribution >= 0.6 is 23.1 Å². The van der Waals surface area contributed by atoms with Crippen LogP contribution in [0.5, 0.6) is 5.75 Å². The Labute approximate surface area is 206 Å². The molecule has 0 aliphatic carbocycles. The molecular formula is C26H35N3O2S2. The first-order valence-electron chi connectivity index (χ1n) is 11.6. The van der Waals surface area contributed by atoms with Crippen LogP contribution in [-0.2, 0) is 4.79 Å². The van der Waals surface area contributed by atoms with Crippen molar-refractivity contribution < 1.29 is 9.53 Å². The highest BCUT2D eigenvalue weighted by Gasteiger charge is 2.21. The van der Waals surface area contributed by atoms with Crippen molar-refractivity contribution in [3.8, 4) is 5.75 Å². The largest absolute Gasteiger partial charge is 0.497 e. The Balaban J connectivity index is 1.67. The average Bonchev–Trinajstić information content (AvgIpc) is 3.24. The minimum atomic E-state index is 0.158. The van der Waals surface area contributed by atoms with Gasteiger partial charge in [-0.15, -0.1) is 11.8 Å². The lowest BCUT2D eigenvalue weighted by Crippen LogP contribution is -2.38. The second kappa shape index (κ2) is 12.4. The first kappa shape index (κ1) is 25.5. The van der Waals surface area contributed by atoms with Gasteiger partial charge >= 0.3 is 0 Å². The molecule has 0 saturated carbocycles. The fraction of sp³-hybridized carbons (Fsp3) is 0.462. The molecule has 0 atom stereocenters. The van der Waals surface area contributed by atoms with E-state index in [2.05, 4.69) is 56.9 Å². The van der Waals surface area contributed by atoms with Gasteiger partial charge in [0, 0.05) is 24.4 Å². The van der Waals surface area contributed by atoms with Crippen LogP contribution in [0.25, 0.3) is 10.2 Å². The molecule has 0 spiro atoms. The molecular weight excluding hydrogens is 450 g/mol. The third-order valence-corrected chi connectivity index (χ3v) is 7.87. The summed E-state index contributed by atoms with van der Waals surface area (Å²) in [5.74, 6) is 1.92. The minimum Gasteiger partial charge on any atom is -0.497 e. The van der Waals surface area contributed by atoms with Gasteiger partial charge in [-0.1, -0.05) is 31.3 Å². The zero-order chi connectivity index (χ0) is 23.8. The predicted molar refractivity (Wildman–Crippen MR) is 142 cm³/mol. The Morgan fingerprint density at radius 3 is 2.48 bits per heavy atom. The van der Waals surface area contributed by atoms with Crippen molar-refractivity contribution in [2.75, 3.05) is 43.9 Å². The number of fused-ring (bicyclic) bond motifs is 1. The Bertz CT molecular complexity index is 1050. The highest BCUT2D eigenvalue weighted by atomic mass is 32.2. The van der Waals surface area contributed by atoms with E-state index in [-0.39, 0.29) is 5.91 Å². The van der Waals surface area contributed by atoms with Gasteiger partial charge in [-0.2, -0.15) is 0 Å². The van der Waals surface area contributed by atoms with E-state index < -0.39 is 0 Å². The highest BCUT2D eigenvalue weighted by Crippen LogP contribution is 2.32. The Morgan fingerprint density at radius 1 is 1.09 bits per heavy atom. The van der Waals surface area contributed by atoms with E-state index in [9.17, 15) is 4.79 Å². The van der Waals surface area contributed by atoms with Crippen LogP contribution in [0.15, 0.2) is 41.3 Å². The number of aromatic nitrogens is 1. The van der Waals surface area contributed by atoms with E-state index in [4.69, 9.17) is 9.72 Å². The Morgan fingerprint density at radius 2 is 1.82 bits per heavy atom. The zero-order valence-electron chi connectivity index (χ0n) is 20.4. The lowest BCUT2D eigenvalue weighted by Gasteiger charge is -2.24. The molecule has 1 heterocycles. The number of rotatable bonds is 12. The van der Waals surface area contributed by atoms with Crippen LogP contribution in [0.4, 0.5) is 5.13 Å². The summed E-state index contributed by atoms with van der Waals surface area (Å²) >= 11 is 3.40. The number of thiazole rings is 1. The van der Waals surface area contributed by atoms with Crippen molar-refractivity contribution in [1.82, 2.24) is 9.88 Å². The molecule has 5 nitrogen and oxygen atoms in total. The molecule has 2 aromatic carbocycles. The van der Waals surface area contributed by atoms with Gasteiger partial charge in [-0.05, 0) is 80.6 Å². The number of carbonyl (C=O) groups is 1. The first-order valence-corrected chi connectivity index (χ1v) is 13.4. The molecule has 3 aromatic rings. The number of anilines is 1. The number of benzene rings is 2. The van der Waals surface area contributed by atoms with E-state index in [1.807, 2.05) is 17.0 Å². The van der Waals surface area contributed by atoms with Crippen LogP contribution < -0.4 is 9.64 Å². The molecule has 0 saturated heterocycles. The number of methoxy groups -OCH3 is 1. The van der Waals surface area contributed by atoms with E-state index in [1.165, 1.54) is 16.0 Å². The maximum Gasteiger partial charge on any atom is 0.228 e. The molecule has 0 bridgehead atoms. The van der Waals surface area contributed by atoms with Gasteiger partial charge in [-0.3, -0.25) is 9.69 Å². The topological polar surface area (TPSA) is 45.7 Å². The van der Waals surface area contributed by atoms with Crippen LogP contribution in [-0.4, -0.2) is 54.8 Å². The van der Waals surface area contributed by atoms with Gasteiger partial charge < -0.3 is 9.64 Å². The summed E-state index contributed by atoms with van der Waals surface area (Å²) in [5.41, 5.74) is 3.41. The van der Waals surface area contributed by atoms with Gasteiger partial charge in [0.25, 0.3) is 0 Å². The molecule has 0 unspecified atom stereocenters. The van der Waals surface area contributed by atoms with E-state index in [0.717, 1.165) is 52.9 Å². The van der Waals surface area contributed by atoms with Crippen molar-refractivity contribution in [1.29, 1.82) is 0 Å². The normalized spacial score (nSPS) is 11.3. The highest BCUT2D eigenvalue weighted by molar-refractivity contribution is 7.99. The molecule has 0 aliphatic heterocycles. The van der Waals surface area contributed by atoms with Crippen molar-refractivity contribution >= 4 is 44.4 Å². The minimum absolute atomic E-state index is 0.158. The van der Waals surface area contributed by atoms with Crippen molar-refractivity contribution in [3.63, 3.8) is 0 Å². The molecule has 7 heteroatoms. The summed E-state index contributed by atoms with van der Waals surface area (Å²) in [6, 6.07) is 12.4. The molecule has 33 heavy (non-hydrogen) atoms. The van der Waals surface area contributed by atoms with Crippen molar-refractivity contribution in [3.05, 3.63) is 47.5 Å². The standard InChI is InChI=1S/C26H35N3O2S2/c1-6-28(7-2)14-15-29(26-27-25-20(4)17-19(3)18-23(25)33-26)24(30)9-8-16-32-22-12-10-21(31-5)11-13-22/h10-13,17-18H,6-9,14-16H2,1-5H3. The van der Waals surface area contributed by atoms with Crippen molar-refractivity contribution in [2.45, 2.75) is 45.4 Å². The Kier molecular flexibility index (Phi) is 9.59. The van der Waals surface area contributed by atoms with Crippen LogP contribution in [0, 0.1) is 13.8 Å². The number of amides is 1. The fourth-order valence-electron chi connectivity index (χ4n) is 3.80. The molecule has 0 fully saturated rings. The quantitative estimate of drug-likeness (QED) is 0.227. The van der Waals surface area contributed by atoms with Crippen LogP contribution in [0.2, 0.25) is 0 Å². The lowest BCUT2D eigenvalue weighted by atomic mass is 10.1. The second-order valence-electron chi connectivity index (χ2n) is 8.12. The number of carbonyl (C=O) groups excluding carboxylic acids is 1. The summed E-state index contributed by atoms with van der Waals surface area (Å²) in [6.07, 6.45) is 1.36. The van der Waals surface area contributed by atoms with Crippen LogP contribution in [0.1, 0.15) is 37.8 Å². The monoisotopic (exact) mass is 485 g/mol. The summed E-state index contributed by atoms with van der Waals surface area (Å²) < 4.78 is 6.37. The summed E-state index contributed by atoms with van der Waals surface area (Å²) in [6.45, 7) is 12.0. The third kappa shape index (κ3) is 6.95. The van der Waals surface area contributed by atoms with E-state index >= 15 is 0 Å². The zero-order valence-corrected chi connectivity index (χ0v) is 22.0. The number of hydrogen-bond acceptors (Lipinski definition) is 6. The summed E-state index contributed by atoms with van der Waals surface area (Å²) in [7, 11) is 1.67.